The van der Waals surface area contributed by atoms with Crippen molar-refractivity contribution in [3.63, 3.8) is 0 Å². The van der Waals surface area contributed by atoms with Crippen molar-refractivity contribution in [1.82, 2.24) is 14.8 Å². The van der Waals surface area contributed by atoms with Gasteiger partial charge in [0.15, 0.2) is 0 Å². The number of benzene rings is 2. The molecule has 1 aliphatic heterocycles. The van der Waals surface area contributed by atoms with E-state index in [0.717, 1.165) is 42.6 Å². The van der Waals surface area contributed by atoms with E-state index in [2.05, 4.69) is 21.8 Å². The molecule has 0 amide bonds. The number of aryl methyl sites for hydroxylation is 1. The Morgan fingerprint density at radius 1 is 1.09 bits per heavy atom. The van der Waals surface area contributed by atoms with E-state index in [1.807, 2.05) is 37.3 Å². The molecule has 6 nitrogen and oxygen atoms in total. The molecule has 0 radical (unpaired) electrons. The van der Waals surface area contributed by atoms with Gasteiger partial charge in [0, 0.05) is 37.1 Å². The molecule has 1 atom stereocenters. The van der Waals surface area contributed by atoms with Gasteiger partial charge in [-0.1, -0.05) is 41.9 Å². The van der Waals surface area contributed by atoms with Crippen LogP contribution in [-0.4, -0.2) is 53.1 Å². The molecule has 2 aromatic carbocycles. The topological polar surface area (TPSA) is 69.8 Å². The molecule has 1 fully saturated rings. The molecular formula is C25H24ClN3O3. The number of likely N-dealkylation sites (N-methyl/N-ethyl adjacent to an activating group) is 1. The number of para-hydroxylation sites is 2. The number of aromatic hydroxyl groups is 1. The highest BCUT2D eigenvalue weighted by atomic mass is 35.5. The first kappa shape index (κ1) is 20.9. The Hall–Kier alpha value is -2.93. The van der Waals surface area contributed by atoms with Crippen molar-refractivity contribution in [2.75, 3.05) is 33.2 Å². The van der Waals surface area contributed by atoms with Crippen molar-refractivity contribution < 1.29 is 9.52 Å². The molecule has 2 aromatic heterocycles. The zero-order chi connectivity index (χ0) is 22.4. The van der Waals surface area contributed by atoms with Crippen molar-refractivity contribution in [2.24, 2.45) is 0 Å². The Bertz CT molecular complexity index is 1380. The molecule has 3 heterocycles. The summed E-state index contributed by atoms with van der Waals surface area (Å²) in [6.07, 6.45) is 0. The summed E-state index contributed by atoms with van der Waals surface area (Å²) < 4.78 is 5.62. The van der Waals surface area contributed by atoms with Gasteiger partial charge in [-0.25, -0.2) is 9.78 Å². The number of aromatic nitrogens is 1. The second-order valence-corrected chi connectivity index (χ2v) is 8.76. The van der Waals surface area contributed by atoms with Gasteiger partial charge in [0.25, 0.3) is 0 Å². The van der Waals surface area contributed by atoms with Gasteiger partial charge in [-0.2, -0.15) is 0 Å². The van der Waals surface area contributed by atoms with Crippen LogP contribution in [0.25, 0.3) is 21.9 Å². The maximum absolute atomic E-state index is 13.2. The highest BCUT2D eigenvalue weighted by molar-refractivity contribution is 6.30. The quantitative estimate of drug-likeness (QED) is 0.370. The summed E-state index contributed by atoms with van der Waals surface area (Å²) in [5.41, 5.74) is 2.53. The fraction of sp³-hybridized carbons (Fsp3) is 0.280. The number of pyridine rings is 1. The van der Waals surface area contributed by atoms with Crippen LogP contribution in [-0.2, 0) is 0 Å². The van der Waals surface area contributed by atoms with Crippen LogP contribution in [0.1, 0.15) is 22.7 Å². The number of fused-ring (bicyclic) bond motifs is 2. The van der Waals surface area contributed by atoms with Crippen molar-refractivity contribution in [2.45, 2.75) is 13.0 Å². The summed E-state index contributed by atoms with van der Waals surface area (Å²) in [7, 11) is 2.07. The molecule has 1 saturated heterocycles. The largest absolute Gasteiger partial charge is 0.507 e. The lowest BCUT2D eigenvalue weighted by atomic mass is 9.95. The van der Waals surface area contributed by atoms with E-state index in [-0.39, 0.29) is 11.3 Å². The summed E-state index contributed by atoms with van der Waals surface area (Å²) >= 11 is 6.73. The Morgan fingerprint density at radius 2 is 1.84 bits per heavy atom. The number of rotatable bonds is 3. The second kappa shape index (κ2) is 8.20. The van der Waals surface area contributed by atoms with Gasteiger partial charge >= 0.3 is 5.63 Å². The van der Waals surface area contributed by atoms with Gasteiger partial charge in [-0.05, 0) is 37.7 Å². The minimum Gasteiger partial charge on any atom is -0.507 e. The summed E-state index contributed by atoms with van der Waals surface area (Å²) in [6.45, 7) is 5.11. The van der Waals surface area contributed by atoms with Gasteiger partial charge in [0.1, 0.15) is 22.0 Å². The molecule has 164 valence electrons. The highest BCUT2D eigenvalue weighted by Gasteiger charge is 2.33. The van der Waals surface area contributed by atoms with E-state index >= 15 is 0 Å². The van der Waals surface area contributed by atoms with Gasteiger partial charge < -0.3 is 14.4 Å². The van der Waals surface area contributed by atoms with Crippen molar-refractivity contribution >= 4 is 33.5 Å². The molecule has 32 heavy (non-hydrogen) atoms. The van der Waals surface area contributed by atoms with Gasteiger partial charge in [-0.15, -0.1) is 0 Å². The number of nitrogens with zero attached hydrogens (tertiary/aromatic N) is 3. The molecule has 0 spiro atoms. The van der Waals surface area contributed by atoms with E-state index in [4.69, 9.17) is 16.0 Å². The first-order chi connectivity index (χ1) is 15.4. The fourth-order valence-corrected chi connectivity index (χ4v) is 4.78. The summed E-state index contributed by atoms with van der Waals surface area (Å²) in [4.78, 5) is 22.3. The zero-order valence-electron chi connectivity index (χ0n) is 18.0. The van der Waals surface area contributed by atoms with Crippen molar-refractivity contribution in [1.29, 1.82) is 0 Å². The molecule has 4 aromatic rings. The van der Waals surface area contributed by atoms with Crippen LogP contribution >= 0.6 is 11.6 Å². The van der Waals surface area contributed by atoms with Crippen LogP contribution in [0.4, 0.5) is 0 Å². The number of piperazine rings is 1. The smallest absolute Gasteiger partial charge is 0.345 e. The minimum atomic E-state index is -0.575. The van der Waals surface area contributed by atoms with E-state index in [0.29, 0.717) is 21.7 Å². The van der Waals surface area contributed by atoms with E-state index in [1.165, 1.54) is 0 Å². The Morgan fingerprint density at radius 3 is 2.62 bits per heavy atom. The van der Waals surface area contributed by atoms with Crippen LogP contribution in [0.15, 0.2) is 57.7 Å². The Labute approximate surface area is 190 Å². The average Bonchev–Trinajstić information content (AvgIpc) is 2.78. The standard InChI is InChI=1S/C25H24ClN3O3/c1-15-6-5-7-16-14-18(24(26)27-21(15)16)22(29-12-10-28(2)11-13-29)20-23(30)17-8-3-4-9-19(17)32-25(20)31/h3-9,14,22,30H,10-13H2,1-2H3. The number of halogens is 1. The first-order valence-electron chi connectivity index (χ1n) is 10.7. The van der Waals surface area contributed by atoms with E-state index in [9.17, 15) is 9.90 Å². The van der Waals surface area contributed by atoms with Gasteiger partial charge in [-0.3, -0.25) is 4.90 Å². The van der Waals surface area contributed by atoms with Crippen LogP contribution in [0.2, 0.25) is 5.15 Å². The predicted octanol–water partition coefficient (Wildman–Crippen LogP) is 4.35. The first-order valence-corrected chi connectivity index (χ1v) is 11.0. The second-order valence-electron chi connectivity index (χ2n) is 8.40. The molecule has 7 heteroatoms. The molecule has 5 rings (SSSR count). The molecule has 0 bridgehead atoms. The summed E-state index contributed by atoms with van der Waals surface area (Å²) in [6, 6.07) is 14.4. The third-order valence-corrected chi connectivity index (χ3v) is 6.62. The molecule has 1 unspecified atom stereocenters. The lowest BCUT2D eigenvalue weighted by Crippen LogP contribution is -2.47. The van der Waals surface area contributed by atoms with Crippen molar-refractivity contribution in [3.05, 3.63) is 80.8 Å². The molecule has 1 N–H and O–H groups in total. The summed E-state index contributed by atoms with van der Waals surface area (Å²) in [5.74, 6) is -0.0683. The third-order valence-electron chi connectivity index (χ3n) is 6.32. The van der Waals surface area contributed by atoms with Crippen molar-refractivity contribution in [3.8, 4) is 5.75 Å². The van der Waals surface area contributed by atoms with Gasteiger partial charge in [0.2, 0.25) is 0 Å². The molecule has 1 aliphatic rings. The summed E-state index contributed by atoms with van der Waals surface area (Å²) in [5, 5.41) is 13.0. The lowest BCUT2D eigenvalue weighted by Gasteiger charge is -2.38. The lowest BCUT2D eigenvalue weighted by molar-refractivity contribution is 0.124. The Kier molecular flexibility index (Phi) is 5.37. The maximum Gasteiger partial charge on any atom is 0.345 e. The highest BCUT2D eigenvalue weighted by Crippen LogP contribution is 2.39. The third kappa shape index (κ3) is 3.54. The zero-order valence-corrected chi connectivity index (χ0v) is 18.8. The predicted molar refractivity (Wildman–Crippen MR) is 127 cm³/mol. The number of hydrogen-bond donors (Lipinski definition) is 1. The van der Waals surface area contributed by atoms with Crippen LogP contribution in [0, 0.1) is 6.92 Å². The van der Waals surface area contributed by atoms with Gasteiger partial charge in [0.05, 0.1) is 16.9 Å². The molecular weight excluding hydrogens is 426 g/mol. The Balaban J connectivity index is 1.77. The fourth-order valence-electron chi connectivity index (χ4n) is 4.54. The van der Waals surface area contributed by atoms with E-state index in [1.54, 1.807) is 18.2 Å². The average molecular weight is 450 g/mol. The van der Waals surface area contributed by atoms with E-state index < -0.39 is 11.7 Å². The van der Waals surface area contributed by atoms with Crippen LogP contribution in [0.5, 0.6) is 5.75 Å². The normalized spacial score (nSPS) is 16.6. The monoisotopic (exact) mass is 449 g/mol. The van der Waals surface area contributed by atoms with Crippen LogP contribution < -0.4 is 5.63 Å². The number of hydrogen-bond acceptors (Lipinski definition) is 6. The maximum atomic E-state index is 13.2. The molecule has 0 aliphatic carbocycles. The SMILES string of the molecule is Cc1cccc2cc(C(c3c(O)c4ccccc4oc3=O)N3CCN(C)CC3)c(Cl)nc12. The molecule has 0 saturated carbocycles. The minimum absolute atomic E-state index is 0.0683. The van der Waals surface area contributed by atoms with Crippen LogP contribution in [0.3, 0.4) is 0 Å².